The standard InChI is InChI=1S/C26H31NO8S3Si/c1-26(2,3)39(4,5)35-20-13-18(25(29)30)19(34-23(28)10-7-11-33-27(31)32)12-17(20)16-8-6-9-21(36)24(16)22-14-37-15-38-22/h6,8,12-14H,7,9-11,15H2,1-5H3,(H,29,30). The summed E-state index contributed by atoms with van der Waals surface area (Å²) in [7, 11) is -2.42. The minimum Gasteiger partial charge on any atom is -0.543 e. The zero-order valence-electron chi connectivity index (χ0n) is 22.4. The number of carbonyl (C=O) groups excluding carboxylic acids is 1. The number of carbonyl (C=O) groups is 2. The van der Waals surface area contributed by atoms with Crippen molar-refractivity contribution in [1.82, 2.24) is 0 Å². The van der Waals surface area contributed by atoms with Gasteiger partial charge in [0.2, 0.25) is 0 Å². The van der Waals surface area contributed by atoms with E-state index in [1.807, 2.05) is 12.2 Å². The second kappa shape index (κ2) is 12.7. The van der Waals surface area contributed by atoms with Crippen molar-refractivity contribution >= 4 is 66.4 Å². The van der Waals surface area contributed by atoms with Crippen molar-refractivity contribution in [3.05, 3.63) is 61.4 Å². The third-order valence-corrected chi connectivity index (χ3v) is 13.5. The van der Waals surface area contributed by atoms with Gasteiger partial charge in [0.1, 0.15) is 17.1 Å². The molecule has 0 aromatic heterocycles. The number of thioether (sulfide) groups is 2. The molecule has 2 aliphatic rings. The Labute approximate surface area is 242 Å². The molecule has 1 N–H and O–H groups in total. The van der Waals surface area contributed by atoms with Crippen LogP contribution >= 0.6 is 35.7 Å². The Balaban J connectivity index is 2.15. The highest BCUT2D eigenvalue weighted by atomic mass is 32.2. The van der Waals surface area contributed by atoms with Crippen LogP contribution in [0.2, 0.25) is 18.1 Å². The topological polar surface area (TPSA) is 125 Å². The van der Waals surface area contributed by atoms with Crippen molar-refractivity contribution in [3.8, 4) is 11.5 Å². The highest BCUT2D eigenvalue weighted by Crippen LogP contribution is 2.47. The van der Waals surface area contributed by atoms with E-state index in [9.17, 15) is 24.8 Å². The van der Waals surface area contributed by atoms with Crippen LogP contribution in [-0.2, 0) is 9.63 Å². The van der Waals surface area contributed by atoms with Gasteiger partial charge < -0.3 is 19.1 Å². The average Bonchev–Trinajstić information content (AvgIpc) is 3.35. The monoisotopic (exact) mass is 609 g/mol. The molecule has 0 atom stereocenters. The lowest BCUT2D eigenvalue weighted by Crippen LogP contribution is -2.44. The number of allylic oxidation sites excluding steroid dienone is 4. The summed E-state index contributed by atoms with van der Waals surface area (Å²) in [5.41, 5.74) is 2.02. The Morgan fingerprint density at radius 1 is 1.23 bits per heavy atom. The number of rotatable bonds is 11. The summed E-state index contributed by atoms with van der Waals surface area (Å²) in [6, 6.07) is 2.94. The molecule has 9 nitrogen and oxygen atoms in total. The van der Waals surface area contributed by atoms with Crippen molar-refractivity contribution in [1.29, 1.82) is 0 Å². The molecule has 210 valence electrons. The molecule has 0 unspecified atom stereocenters. The van der Waals surface area contributed by atoms with E-state index in [1.54, 1.807) is 23.5 Å². The van der Waals surface area contributed by atoms with Gasteiger partial charge in [-0.3, -0.25) is 4.79 Å². The van der Waals surface area contributed by atoms with Crippen LogP contribution in [-0.4, -0.2) is 47.0 Å². The highest BCUT2D eigenvalue weighted by Gasteiger charge is 2.40. The Bertz CT molecular complexity index is 1280. The Kier molecular flexibility index (Phi) is 10.1. The van der Waals surface area contributed by atoms with E-state index in [2.05, 4.69) is 44.1 Å². The quantitative estimate of drug-likeness (QED) is 0.0529. The van der Waals surface area contributed by atoms with Gasteiger partial charge in [-0.05, 0) is 47.7 Å². The van der Waals surface area contributed by atoms with Gasteiger partial charge in [-0.1, -0.05) is 45.1 Å². The summed E-state index contributed by atoms with van der Waals surface area (Å²) >= 11 is 9.12. The number of ether oxygens (including phenoxy) is 1. The molecular weight excluding hydrogens is 579 g/mol. The molecule has 0 saturated heterocycles. The minimum absolute atomic E-state index is 0.0387. The minimum atomic E-state index is -2.42. The Hall–Kier alpha value is -2.61. The van der Waals surface area contributed by atoms with E-state index < -0.39 is 25.3 Å². The van der Waals surface area contributed by atoms with E-state index in [1.165, 1.54) is 12.1 Å². The molecule has 1 heterocycles. The second-order valence-corrected chi connectivity index (χ2v) is 17.8. The number of aromatic carboxylic acids is 1. The lowest BCUT2D eigenvalue weighted by Gasteiger charge is -2.37. The fraction of sp³-hybridized carbons (Fsp3) is 0.423. The van der Waals surface area contributed by atoms with Crippen molar-refractivity contribution in [2.75, 3.05) is 11.7 Å². The first-order valence-corrected chi connectivity index (χ1v) is 17.5. The van der Waals surface area contributed by atoms with Crippen LogP contribution < -0.4 is 9.16 Å². The Morgan fingerprint density at radius 2 is 1.95 bits per heavy atom. The smallest absolute Gasteiger partial charge is 0.339 e. The average molecular weight is 610 g/mol. The van der Waals surface area contributed by atoms with Gasteiger partial charge in [0.05, 0.1) is 6.61 Å². The molecule has 0 spiro atoms. The number of thiocarbonyl (C=S) groups is 1. The van der Waals surface area contributed by atoms with E-state index in [-0.39, 0.29) is 35.8 Å². The zero-order valence-corrected chi connectivity index (χ0v) is 25.8. The molecule has 0 amide bonds. The van der Waals surface area contributed by atoms with Gasteiger partial charge in [-0.2, -0.15) is 0 Å². The van der Waals surface area contributed by atoms with Crippen molar-refractivity contribution < 1.29 is 33.8 Å². The van der Waals surface area contributed by atoms with Crippen LogP contribution in [0.15, 0.2) is 40.2 Å². The van der Waals surface area contributed by atoms with Crippen LogP contribution in [0, 0.1) is 10.1 Å². The first kappa shape index (κ1) is 30.9. The number of hydrogen-bond donors (Lipinski definition) is 1. The van der Waals surface area contributed by atoms with Crippen molar-refractivity contribution in [3.63, 3.8) is 0 Å². The van der Waals surface area contributed by atoms with E-state index in [0.29, 0.717) is 17.7 Å². The van der Waals surface area contributed by atoms with Crippen LogP contribution in [0.25, 0.3) is 5.57 Å². The largest absolute Gasteiger partial charge is 0.543 e. The predicted molar refractivity (Wildman–Crippen MR) is 160 cm³/mol. The van der Waals surface area contributed by atoms with Crippen LogP contribution in [0.1, 0.15) is 56.0 Å². The molecule has 0 radical (unpaired) electrons. The maximum absolute atomic E-state index is 12.6. The normalized spacial score (nSPS) is 15.7. The summed E-state index contributed by atoms with van der Waals surface area (Å²) < 4.78 is 12.2. The molecule has 1 aliphatic heterocycles. The van der Waals surface area contributed by atoms with E-state index in [4.69, 9.17) is 21.4 Å². The van der Waals surface area contributed by atoms with Crippen LogP contribution in [0.5, 0.6) is 11.5 Å². The number of carboxylic acids is 1. The molecule has 1 aromatic carbocycles. The third-order valence-electron chi connectivity index (χ3n) is 6.57. The first-order chi connectivity index (χ1) is 18.2. The fourth-order valence-electron chi connectivity index (χ4n) is 3.55. The maximum atomic E-state index is 12.6. The molecule has 0 bridgehead atoms. The van der Waals surface area contributed by atoms with Gasteiger partial charge in [-0.15, -0.1) is 33.6 Å². The second-order valence-electron chi connectivity index (χ2n) is 10.4. The first-order valence-electron chi connectivity index (χ1n) is 12.2. The lowest BCUT2D eigenvalue weighted by molar-refractivity contribution is -0.757. The molecule has 0 fully saturated rings. The molecule has 3 rings (SSSR count). The van der Waals surface area contributed by atoms with Gasteiger partial charge in [0.25, 0.3) is 13.4 Å². The van der Waals surface area contributed by atoms with Gasteiger partial charge in [0.15, 0.2) is 0 Å². The zero-order chi connectivity index (χ0) is 29.0. The van der Waals surface area contributed by atoms with Crippen molar-refractivity contribution in [2.45, 2.75) is 58.2 Å². The third kappa shape index (κ3) is 7.74. The van der Waals surface area contributed by atoms with E-state index in [0.717, 1.165) is 26.0 Å². The number of esters is 1. The van der Waals surface area contributed by atoms with Crippen LogP contribution in [0.3, 0.4) is 0 Å². The number of benzene rings is 1. The number of carboxylic acid groups (broad SMARTS) is 1. The van der Waals surface area contributed by atoms with Gasteiger partial charge >= 0.3 is 11.9 Å². The number of hydrogen-bond acceptors (Lipinski definition) is 10. The molecular formula is C26H31NO8S3Si. The predicted octanol–water partition coefficient (Wildman–Crippen LogP) is 7.03. The summed E-state index contributed by atoms with van der Waals surface area (Å²) in [5, 5.41) is 22.2. The summed E-state index contributed by atoms with van der Waals surface area (Å²) in [5.74, 6) is -1.77. The fourth-order valence-corrected chi connectivity index (χ4v) is 7.13. The number of nitrogens with zero attached hydrogens (tertiary/aromatic N) is 1. The molecule has 39 heavy (non-hydrogen) atoms. The maximum Gasteiger partial charge on any atom is 0.339 e. The Morgan fingerprint density at radius 3 is 2.54 bits per heavy atom. The van der Waals surface area contributed by atoms with Gasteiger partial charge in [0, 0.05) is 38.8 Å². The lowest BCUT2D eigenvalue weighted by atomic mass is 9.90. The summed E-state index contributed by atoms with van der Waals surface area (Å²) in [4.78, 5) is 41.2. The highest BCUT2D eigenvalue weighted by molar-refractivity contribution is 8.22. The SMILES string of the molecule is CC(C)(C)[Si](C)(C)Oc1cc(C(=O)O)c(OC(=O)CCCO[N+](=O)[O-])cc1C1=C(C2=CSCS2)C(=S)CC=C1. The van der Waals surface area contributed by atoms with Crippen LogP contribution in [0.4, 0.5) is 0 Å². The van der Waals surface area contributed by atoms with E-state index >= 15 is 0 Å². The summed E-state index contributed by atoms with van der Waals surface area (Å²) in [6.45, 7) is 10.1. The summed E-state index contributed by atoms with van der Waals surface area (Å²) in [6.07, 6.45) is 4.36. The molecule has 1 aromatic rings. The molecule has 0 saturated carbocycles. The molecule has 1 aliphatic carbocycles. The van der Waals surface area contributed by atoms with Crippen molar-refractivity contribution in [2.24, 2.45) is 0 Å². The molecule has 13 heteroatoms. The van der Waals surface area contributed by atoms with Gasteiger partial charge in [-0.25, -0.2) is 4.79 Å².